The zero-order valence-electron chi connectivity index (χ0n) is 12.3. The van der Waals surface area contributed by atoms with Crippen molar-refractivity contribution in [2.75, 3.05) is 13.1 Å². The fourth-order valence-corrected chi connectivity index (χ4v) is 2.17. The van der Waals surface area contributed by atoms with Crippen LogP contribution in [0.3, 0.4) is 0 Å². The van der Waals surface area contributed by atoms with Gasteiger partial charge in [0, 0.05) is 18.9 Å². The van der Waals surface area contributed by atoms with E-state index >= 15 is 0 Å². The molecule has 0 saturated carbocycles. The van der Waals surface area contributed by atoms with Gasteiger partial charge in [-0.3, -0.25) is 0 Å². The predicted molar refractivity (Wildman–Crippen MR) is 69.8 cm³/mol. The fourth-order valence-electron chi connectivity index (χ4n) is 2.17. The first-order valence-corrected chi connectivity index (χ1v) is 6.63. The molecule has 20 heavy (non-hydrogen) atoms. The van der Waals surface area contributed by atoms with Gasteiger partial charge in [0.1, 0.15) is 5.60 Å². The molecule has 1 aliphatic heterocycles. The van der Waals surface area contributed by atoms with E-state index in [1.54, 1.807) is 7.05 Å². The number of β-amino-alcohol motifs (C(OH)–C–C–N with tert-alkyl or cyclic N) is 1. The van der Waals surface area contributed by atoms with Crippen LogP contribution in [0, 0.1) is 5.92 Å². The lowest BCUT2D eigenvalue weighted by atomic mass is 10.0. The zero-order chi connectivity index (χ0) is 14.9. The lowest BCUT2D eigenvalue weighted by Gasteiger charge is -2.24. The Morgan fingerprint density at radius 3 is 2.70 bits per heavy atom. The lowest BCUT2D eigenvalue weighted by molar-refractivity contribution is 0.0269. The second-order valence-electron chi connectivity index (χ2n) is 6.11. The van der Waals surface area contributed by atoms with E-state index in [9.17, 15) is 9.90 Å². The standard InChI is InChI=1S/C12H21N5O3/c1-12(2,3)20-11(19)17-6-8(9(18)7-17)5-10-13-15-16(4)14-10/h8-9,18H,5-7H2,1-4H3. The van der Waals surface area contributed by atoms with Gasteiger partial charge in [0.05, 0.1) is 19.7 Å². The molecule has 8 heteroatoms. The highest BCUT2D eigenvalue weighted by molar-refractivity contribution is 5.68. The van der Waals surface area contributed by atoms with Crippen molar-refractivity contribution in [3.05, 3.63) is 5.82 Å². The summed E-state index contributed by atoms with van der Waals surface area (Å²) < 4.78 is 5.30. The van der Waals surface area contributed by atoms with Gasteiger partial charge in [-0.2, -0.15) is 4.80 Å². The molecular formula is C12H21N5O3. The molecule has 1 aromatic rings. The van der Waals surface area contributed by atoms with Crippen LogP contribution in [-0.2, 0) is 18.2 Å². The number of likely N-dealkylation sites (tertiary alicyclic amines) is 1. The number of aliphatic hydroxyl groups is 1. The average Bonchev–Trinajstić information content (AvgIpc) is 2.85. The van der Waals surface area contributed by atoms with Gasteiger partial charge in [0.15, 0.2) is 5.82 Å². The lowest BCUT2D eigenvalue weighted by Crippen LogP contribution is -2.35. The molecule has 0 aromatic carbocycles. The van der Waals surface area contributed by atoms with Crippen molar-refractivity contribution in [2.45, 2.75) is 38.9 Å². The molecule has 0 aliphatic carbocycles. The maximum atomic E-state index is 12.0. The summed E-state index contributed by atoms with van der Waals surface area (Å²) >= 11 is 0. The highest BCUT2D eigenvalue weighted by Gasteiger charge is 2.36. The number of tetrazole rings is 1. The van der Waals surface area contributed by atoms with E-state index in [1.807, 2.05) is 20.8 Å². The summed E-state index contributed by atoms with van der Waals surface area (Å²) in [5.41, 5.74) is -0.535. The van der Waals surface area contributed by atoms with Crippen molar-refractivity contribution < 1.29 is 14.6 Å². The number of carbonyl (C=O) groups is 1. The van der Waals surface area contributed by atoms with Crippen molar-refractivity contribution >= 4 is 6.09 Å². The monoisotopic (exact) mass is 283 g/mol. The number of aromatic nitrogens is 4. The smallest absolute Gasteiger partial charge is 0.410 e. The van der Waals surface area contributed by atoms with Gasteiger partial charge < -0.3 is 14.7 Å². The molecule has 2 rings (SSSR count). The summed E-state index contributed by atoms with van der Waals surface area (Å²) in [4.78, 5) is 14.9. The van der Waals surface area contributed by atoms with E-state index in [2.05, 4.69) is 15.4 Å². The minimum atomic E-state index is -0.591. The number of carbonyl (C=O) groups excluding carboxylic acids is 1. The molecule has 1 fully saturated rings. The van der Waals surface area contributed by atoms with Gasteiger partial charge in [-0.1, -0.05) is 0 Å². The molecule has 0 spiro atoms. The number of nitrogens with zero attached hydrogens (tertiary/aromatic N) is 5. The Balaban J connectivity index is 1.93. The van der Waals surface area contributed by atoms with Crippen molar-refractivity contribution in [1.29, 1.82) is 0 Å². The topological polar surface area (TPSA) is 93.4 Å². The van der Waals surface area contributed by atoms with Gasteiger partial charge in [-0.25, -0.2) is 4.79 Å². The van der Waals surface area contributed by atoms with E-state index in [1.165, 1.54) is 9.70 Å². The maximum Gasteiger partial charge on any atom is 0.410 e. The van der Waals surface area contributed by atoms with E-state index in [4.69, 9.17) is 4.74 Å². The third-order valence-electron chi connectivity index (χ3n) is 3.05. The van der Waals surface area contributed by atoms with Crippen LogP contribution in [0.4, 0.5) is 4.79 Å². The van der Waals surface area contributed by atoms with Crippen LogP contribution in [0.15, 0.2) is 0 Å². The van der Waals surface area contributed by atoms with Gasteiger partial charge >= 0.3 is 6.09 Å². The Labute approximate surface area is 117 Å². The normalized spacial score (nSPS) is 23.1. The molecule has 0 bridgehead atoms. The molecule has 112 valence electrons. The third kappa shape index (κ3) is 3.66. The molecule has 1 aromatic heterocycles. The number of aryl methyl sites for hydroxylation is 1. The van der Waals surface area contributed by atoms with E-state index in [0.717, 1.165) is 0 Å². The third-order valence-corrected chi connectivity index (χ3v) is 3.05. The number of rotatable bonds is 2. The first kappa shape index (κ1) is 14.7. The first-order valence-electron chi connectivity index (χ1n) is 6.63. The van der Waals surface area contributed by atoms with E-state index in [-0.39, 0.29) is 12.5 Å². The summed E-state index contributed by atoms with van der Waals surface area (Å²) in [6.07, 6.45) is -0.494. The van der Waals surface area contributed by atoms with E-state index < -0.39 is 17.8 Å². The molecule has 1 amide bonds. The van der Waals surface area contributed by atoms with Crippen LogP contribution in [0.2, 0.25) is 0 Å². The second kappa shape index (κ2) is 5.35. The molecule has 1 saturated heterocycles. The van der Waals surface area contributed by atoms with Crippen LogP contribution in [-0.4, -0.2) is 61.1 Å². The van der Waals surface area contributed by atoms with Crippen molar-refractivity contribution in [1.82, 2.24) is 25.1 Å². The van der Waals surface area contributed by atoms with Gasteiger partial charge in [0.2, 0.25) is 0 Å². The second-order valence-corrected chi connectivity index (χ2v) is 6.11. The van der Waals surface area contributed by atoms with Crippen LogP contribution < -0.4 is 0 Å². The number of aliphatic hydroxyl groups excluding tert-OH is 1. The molecule has 2 heterocycles. The van der Waals surface area contributed by atoms with Gasteiger partial charge in [-0.15, -0.1) is 10.2 Å². The zero-order valence-corrected chi connectivity index (χ0v) is 12.3. The van der Waals surface area contributed by atoms with Crippen LogP contribution in [0.5, 0.6) is 0 Å². The van der Waals surface area contributed by atoms with E-state index in [0.29, 0.717) is 18.8 Å². The van der Waals surface area contributed by atoms with Gasteiger partial charge in [0.25, 0.3) is 0 Å². The molecule has 8 nitrogen and oxygen atoms in total. The number of amides is 1. The van der Waals surface area contributed by atoms with Crippen LogP contribution >= 0.6 is 0 Å². The Kier molecular flexibility index (Phi) is 3.94. The van der Waals surface area contributed by atoms with Crippen molar-refractivity contribution in [3.63, 3.8) is 0 Å². The Bertz CT molecular complexity index is 482. The molecule has 2 atom stereocenters. The fraction of sp³-hybridized carbons (Fsp3) is 0.833. The SMILES string of the molecule is Cn1nnc(CC2CN(C(=O)OC(C)(C)C)CC2O)n1. The minimum Gasteiger partial charge on any atom is -0.444 e. The molecule has 1 N–H and O–H groups in total. The predicted octanol–water partition coefficient (Wildman–Crippen LogP) is -0.0196. The van der Waals surface area contributed by atoms with Crippen molar-refractivity contribution in [3.8, 4) is 0 Å². The highest BCUT2D eigenvalue weighted by atomic mass is 16.6. The molecule has 0 radical (unpaired) electrons. The Hall–Kier alpha value is -1.70. The number of hydrogen-bond donors (Lipinski definition) is 1. The maximum absolute atomic E-state index is 12.0. The largest absolute Gasteiger partial charge is 0.444 e. The summed E-state index contributed by atoms with van der Waals surface area (Å²) in [5, 5.41) is 21.8. The quantitative estimate of drug-likeness (QED) is 0.820. The Morgan fingerprint density at radius 2 is 2.15 bits per heavy atom. The molecule has 1 aliphatic rings. The number of hydrogen-bond acceptors (Lipinski definition) is 6. The number of ether oxygens (including phenoxy) is 1. The Morgan fingerprint density at radius 1 is 1.45 bits per heavy atom. The highest BCUT2D eigenvalue weighted by Crippen LogP contribution is 2.22. The first-order chi connectivity index (χ1) is 9.24. The average molecular weight is 283 g/mol. The summed E-state index contributed by atoms with van der Waals surface area (Å²) in [7, 11) is 1.69. The molecule has 2 unspecified atom stereocenters. The minimum absolute atomic E-state index is 0.0910. The summed E-state index contributed by atoms with van der Waals surface area (Å²) in [6.45, 7) is 6.17. The van der Waals surface area contributed by atoms with Gasteiger partial charge in [-0.05, 0) is 26.0 Å². The summed E-state index contributed by atoms with van der Waals surface area (Å²) in [5.74, 6) is 0.481. The molecular weight excluding hydrogens is 262 g/mol. The van der Waals surface area contributed by atoms with Crippen molar-refractivity contribution in [2.24, 2.45) is 13.0 Å². The summed E-state index contributed by atoms with van der Waals surface area (Å²) in [6, 6.07) is 0. The van der Waals surface area contributed by atoms with Crippen LogP contribution in [0.1, 0.15) is 26.6 Å². The van der Waals surface area contributed by atoms with Crippen LogP contribution in [0.25, 0.3) is 0 Å².